The largest absolute Gasteiger partial charge is 0.496 e. The van der Waals surface area contributed by atoms with Gasteiger partial charge in [0.15, 0.2) is 0 Å². The van der Waals surface area contributed by atoms with Crippen molar-refractivity contribution in [3.05, 3.63) is 29.8 Å². The van der Waals surface area contributed by atoms with Gasteiger partial charge < -0.3 is 15.0 Å². The number of para-hydroxylation sites is 1. The van der Waals surface area contributed by atoms with Crippen molar-refractivity contribution in [2.75, 3.05) is 33.8 Å². The summed E-state index contributed by atoms with van der Waals surface area (Å²) in [5, 5.41) is 3.73. The molecule has 1 N–H and O–H groups in total. The Hall–Kier alpha value is -1.06. The van der Waals surface area contributed by atoms with E-state index in [9.17, 15) is 0 Å². The summed E-state index contributed by atoms with van der Waals surface area (Å²) in [7, 11) is 3.97. The zero-order valence-corrected chi connectivity index (χ0v) is 14.0. The lowest BCUT2D eigenvalue weighted by Gasteiger charge is -2.38. The van der Waals surface area contributed by atoms with Crippen LogP contribution < -0.4 is 10.1 Å². The summed E-state index contributed by atoms with van der Waals surface area (Å²) in [6.07, 6.45) is 3.59. The van der Waals surface area contributed by atoms with Crippen molar-refractivity contribution < 1.29 is 4.74 Å². The molecule has 3 nitrogen and oxygen atoms in total. The van der Waals surface area contributed by atoms with Crippen LogP contribution in [0.15, 0.2) is 24.3 Å². The predicted molar refractivity (Wildman–Crippen MR) is 89.0 cm³/mol. The van der Waals surface area contributed by atoms with Crippen LogP contribution >= 0.6 is 0 Å². The summed E-state index contributed by atoms with van der Waals surface area (Å²) in [6.45, 7) is 8.24. The molecule has 3 heteroatoms. The number of hydrogen-bond acceptors (Lipinski definition) is 3. The van der Waals surface area contributed by atoms with Gasteiger partial charge in [0.25, 0.3) is 0 Å². The van der Waals surface area contributed by atoms with E-state index in [1.54, 1.807) is 7.11 Å². The first-order chi connectivity index (χ1) is 10.0. The van der Waals surface area contributed by atoms with E-state index in [4.69, 9.17) is 4.74 Å². The molecule has 1 fully saturated rings. The van der Waals surface area contributed by atoms with E-state index in [2.05, 4.69) is 43.2 Å². The Labute approximate surface area is 129 Å². The van der Waals surface area contributed by atoms with Crippen molar-refractivity contribution in [1.29, 1.82) is 0 Å². The maximum atomic E-state index is 5.44. The van der Waals surface area contributed by atoms with Crippen LogP contribution in [0.25, 0.3) is 0 Å². The van der Waals surface area contributed by atoms with E-state index in [0.717, 1.165) is 18.7 Å². The first-order valence-corrected chi connectivity index (χ1v) is 8.06. The van der Waals surface area contributed by atoms with Crippen LogP contribution in [0.3, 0.4) is 0 Å². The second-order valence-electron chi connectivity index (χ2n) is 6.91. The van der Waals surface area contributed by atoms with Crippen LogP contribution in [-0.2, 0) is 6.42 Å². The molecule has 0 bridgehead atoms. The molecule has 1 unspecified atom stereocenters. The van der Waals surface area contributed by atoms with E-state index in [1.165, 1.54) is 31.5 Å². The van der Waals surface area contributed by atoms with Crippen molar-refractivity contribution in [2.45, 2.75) is 39.2 Å². The zero-order chi connectivity index (χ0) is 15.3. The summed E-state index contributed by atoms with van der Waals surface area (Å²) >= 11 is 0. The molecule has 1 aliphatic heterocycles. The van der Waals surface area contributed by atoms with Crippen molar-refractivity contribution in [2.24, 2.45) is 5.41 Å². The smallest absolute Gasteiger partial charge is 0.122 e. The SMILES string of the molecule is COc1ccccc1CC(C)NCC1(C)CCN(C)CC1. The van der Waals surface area contributed by atoms with Gasteiger partial charge in [-0.25, -0.2) is 0 Å². The van der Waals surface area contributed by atoms with Crippen molar-refractivity contribution >= 4 is 0 Å². The molecule has 1 saturated heterocycles. The molecule has 118 valence electrons. The highest BCUT2D eigenvalue weighted by Gasteiger charge is 2.28. The molecule has 21 heavy (non-hydrogen) atoms. The lowest BCUT2D eigenvalue weighted by Crippen LogP contribution is -2.44. The van der Waals surface area contributed by atoms with E-state index in [1.807, 2.05) is 12.1 Å². The normalized spacial score (nSPS) is 20.2. The van der Waals surface area contributed by atoms with Crippen LogP contribution in [0.5, 0.6) is 5.75 Å². The van der Waals surface area contributed by atoms with Crippen LogP contribution in [0, 0.1) is 5.41 Å². The predicted octanol–water partition coefficient (Wildman–Crippen LogP) is 2.95. The Morgan fingerprint density at radius 2 is 1.95 bits per heavy atom. The molecule has 0 amide bonds. The van der Waals surface area contributed by atoms with Gasteiger partial charge in [-0.15, -0.1) is 0 Å². The van der Waals surface area contributed by atoms with Crippen LogP contribution in [0.2, 0.25) is 0 Å². The molecule has 1 heterocycles. The van der Waals surface area contributed by atoms with Gasteiger partial charge in [0, 0.05) is 12.6 Å². The van der Waals surface area contributed by atoms with Crippen molar-refractivity contribution in [3.8, 4) is 5.75 Å². The molecular formula is C18H30N2O. The number of rotatable bonds is 6. The lowest BCUT2D eigenvalue weighted by molar-refractivity contribution is 0.134. The number of ether oxygens (including phenoxy) is 1. The van der Waals surface area contributed by atoms with Crippen LogP contribution in [0.1, 0.15) is 32.3 Å². The molecular weight excluding hydrogens is 260 g/mol. The number of nitrogens with zero attached hydrogens (tertiary/aromatic N) is 1. The third-order valence-electron chi connectivity index (χ3n) is 4.79. The Morgan fingerprint density at radius 3 is 2.62 bits per heavy atom. The van der Waals surface area contributed by atoms with Gasteiger partial charge in [-0.2, -0.15) is 0 Å². The molecule has 1 atom stereocenters. The summed E-state index contributed by atoms with van der Waals surface area (Å²) in [5.41, 5.74) is 1.73. The highest BCUT2D eigenvalue weighted by molar-refractivity contribution is 5.33. The number of piperidine rings is 1. The van der Waals surface area contributed by atoms with Gasteiger partial charge in [-0.1, -0.05) is 25.1 Å². The Kier molecular flexibility index (Phi) is 5.65. The highest BCUT2D eigenvalue weighted by Crippen LogP contribution is 2.29. The Balaban J connectivity index is 1.83. The number of benzene rings is 1. The van der Waals surface area contributed by atoms with Gasteiger partial charge in [-0.05, 0) is 63.4 Å². The Morgan fingerprint density at radius 1 is 1.29 bits per heavy atom. The molecule has 0 radical (unpaired) electrons. The third kappa shape index (κ3) is 4.72. The van der Waals surface area contributed by atoms with E-state index in [-0.39, 0.29) is 0 Å². The molecule has 1 aliphatic rings. The quantitative estimate of drug-likeness (QED) is 0.872. The second-order valence-corrected chi connectivity index (χ2v) is 6.91. The van der Waals surface area contributed by atoms with Gasteiger partial charge in [-0.3, -0.25) is 0 Å². The fourth-order valence-corrected chi connectivity index (χ4v) is 3.03. The number of nitrogens with one attached hydrogen (secondary N) is 1. The van der Waals surface area contributed by atoms with Crippen molar-refractivity contribution in [1.82, 2.24) is 10.2 Å². The maximum Gasteiger partial charge on any atom is 0.122 e. The molecule has 2 rings (SSSR count). The second kappa shape index (κ2) is 7.28. The molecule has 0 spiro atoms. The standard InChI is InChI=1S/C18H30N2O/c1-15(13-16-7-5-6-8-17(16)21-4)19-14-18(2)9-11-20(3)12-10-18/h5-8,15,19H,9-14H2,1-4H3. The summed E-state index contributed by atoms with van der Waals surface area (Å²) in [4.78, 5) is 2.43. The maximum absolute atomic E-state index is 5.44. The minimum absolute atomic E-state index is 0.446. The van der Waals surface area contributed by atoms with Crippen LogP contribution in [0.4, 0.5) is 0 Å². The van der Waals surface area contributed by atoms with Gasteiger partial charge in [0.05, 0.1) is 7.11 Å². The third-order valence-corrected chi connectivity index (χ3v) is 4.79. The van der Waals surface area contributed by atoms with E-state index in [0.29, 0.717) is 11.5 Å². The van der Waals surface area contributed by atoms with E-state index < -0.39 is 0 Å². The zero-order valence-electron chi connectivity index (χ0n) is 14.0. The fourth-order valence-electron chi connectivity index (χ4n) is 3.03. The minimum Gasteiger partial charge on any atom is -0.496 e. The van der Waals surface area contributed by atoms with Gasteiger partial charge in [0.2, 0.25) is 0 Å². The monoisotopic (exact) mass is 290 g/mol. The number of hydrogen-bond donors (Lipinski definition) is 1. The average Bonchev–Trinajstić information content (AvgIpc) is 2.49. The fraction of sp³-hybridized carbons (Fsp3) is 0.667. The number of likely N-dealkylation sites (tertiary alicyclic amines) is 1. The number of methoxy groups -OCH3 is 1. The Bertz CT molecular complexity index is 439. The topological polar surface area (TPSA) is 24.5 Å². The summed E-state index contributed by atoms with van der Waals surface area (Å²) < 4.78 is 5.44. The summed E-state index contributed by atoms with van der Waals surface area (Å²) in [5.74, 6) is 0.997. The first kappa shape index (κ1) is 16.3. The van der Waals surface area contributed by atoms with Gasteiger partial charge in [0.1, 0.15) is 5.75 Å². The molecule has 1 aromatic rings. The highest BCUT2D eigenvalue weighted by atomic mass is 16.5. The molecule has 0 aromatic heterocycles. The van der Waals surface area contributed by atoms with E-state index >= 15 is 0 Å². The molecule has 1 aromatic carbocycles. The lowest BCUT2D eigenvalue weighted by atomic mass is 9.80. The summed E-state index contributed by atoms with van der Waals surface area (Å²) in [6, 6.07) is 8.79. The van der Waals surface area contributed by atoms with Gasteiger partial charge >= 0.3 is 0 Å². The first-order valence-electron chi connectivity index (χ1n) is 8.06. The van der Waals surface area contributed by atoms with Crippen molar-refractivity contribution in [3.63, 3.8) is 0 Å². The average molecular weight is 290 g/mol. The minimum atomic E-state index is 0.446. The van der Waals surface area contributed by atoms with Crippen LogP contribution in [-0.4, -0.2) is 44.7 Å². The molecule has 0 aliphatic carbocycles. The molecule has 0 saturated carbocycles.